The first kappa shape index (κ1) is 13.4. The van der Waals surface area contributed by atoms with Gasteiger partial charge in [-0.2, -0.15) is 0 Å². The topological polar surface area (TPSA) is 49.4 Å². The number of hydrogen-bond donors (Lipinski definition) is 1. The lowest BCUT2D eigenvalue weighted by Crippen LogP contribution is -2.39. The Balaban J connectivity index is 2.49. The van der Waals surface area contributed by atoms with E-state index < -0.39 is 9.84 Å². The smallest absolute Gasteiger partial charge is 0.182 e. The van der Waals surface area contributed by atoms with Crippen molar-refractivity contribution >= 4 is 15.5 Å². The summed E-state index contributed by atoms with van der Waals surface area (Å²) in [5.41, 5.74) is 3.03. The van der Waals surface area contributed by atoms with Crippen LogP contribution in [0.3, 0.4) is 0 Å². The van der Waals surface area contributed by atoms with Crippen LogP contribution in [0.25, 0.3) is 0 Å². The van der Waals surface area contributed by atoms with E-state index in [9.17, 15) is 8.42 Å². The summed E-state index contributed by atoms with van der Waals surface area (Å²) in [7, 11) is -1.20. The van der Waals surface area contributed by atoms with Gasteiger partial charge in [-0.05, 0) is 44.2 Å². The molecule has 18 heavy (non-hydrogen) atoms. The Morgan fingerprint density at radius 2 is 1.94 bits per heavy atom. The molecule has 1 aromatic rings. The van der Waals surface area contributed by atoms with Crippen LogP contribution in [0.2, 0.25) is 0 Å². The summed E-state index contributed by atoms with van der Waals surface area (Å²) in [5, 5.41) is 3.10. The molecular weight excluding hydrogens is 248 g/mol. The molecule has 0 unspecified atom stereocenters. The van der Waals surface area contributed by atoms with Crippen LogP contribution >= 0.6 is 0 Å². The molecule has 0 aromatic heterocycles. The third kappa shape index (κ3) is 2.37. The van der Waals surface area contributed by atoms with E-state index in [1.165, 1.54) is 0 Å². The molecule has 1 aromatic carbocycles. The van der Waals surface area contributed by atoms with Gasteiger partial charge in [0.25, 0.3) is 0 Å². The molecule has 0 saturated heterocycles. The van der Waals surface area contributed by atoms with E-state index in [4.69, 9.17) is 0 Å². The van der Waals surface area contributed by atoms with E-state index in [-0.39, 0.29) is 5.75 Å². The highest BCUT2D eigenvalue weighted by atomic mass is 32.2. The van der Waals surface area contributed by atoms with Crippen LogP contribution in [0, 0.1) is 13.8 Å². The van der Waals surface area contributed by atoms with E-state index in [0.717, 1.165) is 29.9 Å². The Labute approximate surface area is 109 Å². The lowest BCUT2D eigenvalue weighted by atomic mass is 10.1. The van der Waals surface area contributed by atoms with Crippen LogP contribution in [0.1, 0.15) is 11.1 Å². The maximum atomic E-state index is 12.1. The first-order valence-corrected chi connectivity index (χ1v) is 7.84. The molecular formula is C13H20N2O2S. The van der Waals surface area contributed by atoms with Crippen molar-refractivity contribution in [1.82, 2.24) is 5.32 Å². The van der Waals surface area contributed by atoms with Crippen molar-refractivity contribution in [1.29, 1.82) is 0 Å². The summed E-state index contributed by atoms with van der Waals surface area (Å²) in [4.78, 5) is 2.65. The molecule has 2 rings (SSSR count). The molecule has 0 aliphatic carbocycles. The fraction of sp³-hybridized carbons (Fsp3) is 0.538. The van der Waals surface area contributed by atoms with Crippen molar-refractivity contribution in [2.45, 2.75) is 18.7 Å². The number of nitrogens with one attached hydrogen (secondary N) is 1. The number of nitrogens with zero attached hydrogens (tertiary/aromatic N) is 1. The molecule has 0 spiro atoms. The van der Waals surface area contributed by atoms with Crippen LogP contribution in [0.15, 0.2) is 17.0 Å². The second kappa shape index (κ2) is 4.90. The first-order chi connectivity index (χ1) is 8.45. The van der Waals surface area contributed by atoms with Gasteiger partial charge in [-0.15, -0.1) is 0 Å². The molecule has 0 fully saturated rings. The van der Waals surface area contributed by atoms with Crippen LogP contribution in [-0.2, 0) is 9.84 Å². The van der Waals surface area contributed by atoms with Gasteiger partial charge in [0, 0.05) is 19.6 Å². The Bertz CT molecular complexity index is 552. The number of anilines is 1. The minimum absolute atomic E-state index is 0.214. The van der Waals surface area contributed by atoms with Gasteiger partial charge in [0.05, 0.1) is 16.3 Å². The Morgan fingerprint density at radius 1 is 1.28 bits per heavy atom. The second-order valence-electron chi connectivity index (χ2n) is 4.81. The fourth-order valence-corrected chi connectivity index (χ4v) is 3.75. The average Bonchev–Trinajstić information content (AvgIpc) is 2.31. The van der Waals surface area contributed by atoms with Gasteiger partial charge in [-0.3, -0.25) is 0 Å². The normalized spacial score (nSPS) is 17.6. The van der Waals surface area contributed by atoms with E-state index in [0.29, 0.717) is 11.4 Å². The SMILES string of the molecule is CNCCN1CCS(=O)(=O)c2cc(C)c(C)cc21. The standard InChI is InChI=1S/C13H20N2O2S/c1-10-8-12-13(9-11(10)2)18(16,17)7-6-15(12)5-4-14-3/h8-9,14H,4-7H2,1-3H3. The number of hydrogen-bond acceptors (Lipinski definition) is 4. The fourth-order valence-electron chi connectivity index (χ4n) is 2.21. The van der Waals surface area contributed by atoms with Crippen LogP contribution < -0.4 is 10.2 Å². The zero-order chi connectivity index (χ0) is 13.3. The minimum atomic E-state index is -3.10. The summed E-state index contributed by atoms with van der Waals surface area (Å²) < 4.78 is 24.2. The Hall–Kier alpha value is -1.07. The lowest BCUT2D eigenvalue weighted by molar-refractivity contribution is 0.588. The molecule has 1 heterocycles. The van der Waals surface area contributed by atoms with Gasteiger partial charge in [0.2, 0.25) is 0 Å². The summed E-state index contributed by atoms with van der Waals surface area (Å²) >= 11 is 0. The molecule has 4 nitrogen and oxygen atoms in total. The number of rotatable bonds is 3. The number of benzene rings is 1. The maximum Gasteiger partial charge on any atom is 0.182 e. The maximum absolute atomic E-state index is 12.1. The second-order valence-corrected chi connectivity index (χ2v) is 6.89. The van der Waals surface area contributed by atoms with Gasteiger partial charge < -0.3 is 10.2 Å². The summed E-state index contributed by atoms with van der Waals surface area (Å²) in [6, 6.07) is 3.81. The molecule has 1 N–H and O–H groups in total. The average molecular weight is 268 g/mol. The summed E-state index contributed by atoms with van der Waals surface area (Å²) in [6.45, 7) is 6.25. The highest BCUT2D eigenvalue weighted by Gasteiger charge is 2.28. The molecule has 1 aliphatic heterocycles. The molecule has 0 atom stereocenters. The molecule has 0 bridgehead atoms. The van der Waals surface area contributed by atoms with Crippen LogP contribution in [-0.4, -0.2) is 40.9 Å². The first-order valence-electron chi connectivity index (χ1n) is 6.19. The van der Waals surface area contributed by atoms with Crippen molar-refractivity contribution in [2.75, 3.05) is 37.3 Å². The molecule has 1 aliphatic rings. The monoisotopic (exact) mass is 268 g/mol. The molecule has 100 valence electrons. The number of fused-ring (bicyclic) bond motifs is 1. The van der Waals surface area contributed by atoms with E-state index >= 15 is 0 Å². The van der Waals surface area contributed by atoms with Crippen molar-refractivity contribution in [2.24, 2.45) is 0 Å². The molecule has 5 heteroatoms. The Morgan fingerprint density at radius 3 is 2.61 bits per heavy atom. The van der Waals surface area contributed by atoms with Gasteiger partial charge in [-0.25, -0.2) is 8.42 Å². The minimum Gasteiger partial charge on any atom is -0.368 e. The highest BCUT2D eigenvalue weighted by molar-refractivity contribution is 7.91. The van der Waals surface area contributed by atoms with Gasteiger partial charge in [0.15, 0.2) is 9.84 Å². The number of sulfone groups is 1. The van der Waals surface area contributed by atoms with Crippen molar-refractivity contribution in [3.8, 4) is 0 Å². The third-order valence-corrected chi connectivity index (χ3v) is 5.23. The Kier molecular flexibility index (Phi) is 3.64. The highest BCUT2D eigenvalue weighted by Crippen LogP contribution is 2.32. The third-order valence-electron chi connectivity index (χ3n) is 3.51. The zero-order valence-electron chi connectivity index (χ0n) is 11.2. The van der Waals surface area contributed by atoms with E-state index in [1.54, 1.807) is 0 Å². The zero-order valence-corrected chi connectivity index (χ0v) is 12.0. The predicted octanol–water partition coefficient (Wildman–Crippen LogP) is 1.12. The van der Waals surface area contributed by atoms with Gasteiger partial charge >= 0.3 is 0 Å². The lowest BCUT2D eigenvalue weighted by Gasteiger charge is -2.31. The summed E-state index contributed by atoms with van der Waals surface area (Å²) in [5.74, 6) is 0.214. The molecule has 0 amide bonds. The quantitative estimate of drug-likeness (QED) is 0.892. The van der Waals surface area contributed by atoms with Crippen molar-refractivity contribution in [3.05, 3.63) is 23.3 Å². The van der Waals surface area contributed by atoms with E-state index in [2.05, 4.69) is 10.2 Å². The predicted molar refractivity (Wildman–Crippen MR) is 74.1 cm³/mol. The number of likely N-dealkylation sites (N-methyl/N-ethyl adjacent to an activating group) is 1. The van der Waals surface area contributed by atoms with Crippen molar-refractivity contribution < 1.29 is 8.42 Å². The van der Waals surface area contributed by atoms with Gasteiger partial charge in [0.1, 0.15) is 0 Å². The van der Waals surface area contributed by atoms with Crippen molar-refractivity contribution in [3.63, 3.8) is 0 Å². The number of aryl methyl sites for hydroxylation is 2. The summed E-state index contributed by atoms with van der Waals surface area (Å²) in [6.07, 6.45) is 0. The van der Waals surface area contributed by atoms with Crippen LogP contribution in [0.5, 0.6) is 0 Å². The molecule has 0 radical (unpaired) electrons. The largest absolute Gasteiger partial charge is 0.368 e. The van der Waals surface area contributed by atoms with Gasteiger partial charge in [-0.1, -0.05) is 0 Å². The van der Waals surface area contributed by atoms with E-state index in [1.807, 2.05) is 33.0 Å². The van der Waals surface area contributed by atoms with Crippen LogP contribution in [0.4, 0.5) is 5.69 Å². The molecule has 0 saturated carbocycles.